The van der Waals surface area contributed by atoms with Crippen LogP contribution in [0.25, 0.3) is 0 Å². The molecule has 1 aliphatic heterocycles. The Morgan fingerprint density at radius 3 is 2.83 bits per heavy atom. The van der Waals surface area contributed by atoms with Gasteiger partial charge in [0.25, 0.3) is 0 Å². The Hall–Kier alpha value is -1.84. The van der Waals surface area contributed by atoms with Crippen molar-refractivity contribution in [3.05, 3.63) is 28.8 Å². The van der Waals surface area contributed by atoms with Crippen LogP contribution in [0.4, 0.5) is 5.69 Å². The fourth-order valence-electron chi connectivity index (χ4n) is 2.33. The highest BCUT2D eigenvalue weighted by atomic mass is 16.4. The molecule has 0 aromatic heterocycles. The van der Waals surface area contributed by atoms with Crippen LogP contribution in [0.1, 0.15) is 29.5 Å². The van der Waals surface area contributed by atoms with Crippen molar-refractivity contribution in [1.29, 1.82) is 0 Å². The SMILES string of the molecule is Cc1ccc2c(c1C)NC(=O)C(CCC(=O)O)C2. The number of carboxylic acids is 1. The highest BCUT2D eigenvalue weighted by molar-refractivity contribution is 5.96. The van der Waals surface area contributed by atoms with Crippen molar-refractivity contribution in [2.75, 3.05) is 5.32 Å². The molecule has 96 valence electrons. The number of carbonyl (C=O) groups is 2. The van der Waals surface area contributed by atoms with Gasteiger partial charge in [0, 0.05) is 18.0 Å². The monoisotopic (exact) mass is 247 g/mol. The van der Waals surface area contributed by atoms with Crippen LogP contribution >= 0.6 is 0 Å². The van der Waals surface area contributed by atoms with E-state index in [1.807, 2.05) is 26.0 Å². The summed E-state index contributed by atoms with van der Waals surface area (Å²) in [6.45, 7) is 4.00. The number of aryl methyl sites for hydroxylation is 1. The Labute approximate surface area is 106 Å². The van der Waals surface area contributed by atoms with Crippen molar-refractivity contribution in [2.45, 2.75) is 33.1 Å². The molecule has 2 rings (SSSR count). The number of amides is 1. The summed E-state index contributed by atoms with van der Waals surface area (Å²) < 4.78 is 0. The Kier molecular flexibility index (Phi) is 3.36. The molecule has 1 amide bonds. The van der Waals surface area contributed by atoms with E-state index in [1.165, 1.54) is 0 Å². The van der Waals surface area contributed by atoms with Crippen LogP contribution in [0.5, 0.6) is 0 Å². The molecule has 1 aromatic carbocycles. The second-order valence-corrected chi connectivity index (χ2v) is 4.86. The van der Waals surface area contributed by atoms with Crippen LogP contribution in [0.2, 0.25) is 0 Å². The van der Waals surface area contributed by atoms with Crippen molar-refractivity contribution in [2.24, 2.45) is 5.92 Å². The second kappa shape index (κ2) is 4.80. The Bertz CT molecular complexity index is 508. The summed E-state index contributed by atoms with van der Waals surface area (Å²) in [5.41, 5.74) is 4.26. The number of anilines is 1. The van der Waals surface area contributed by atoms with Crippen molar-refractivity contribution in [1.82, 2.24) is 0 Å². The molecule has 1 heterocycles. The number of hydrogen-bond acceptors (Lipinski definition) is 2. The lowest BCUT2D eigenvalue weighted by Gasteiger charge is -2.26. The minimum Gasteiger partial charge on any atom is -0.481 e. The zero-order valence-corrected chi connectivity index (χ0v) is 10.6. The fourth-order valence-corrected chi connectivity index (χ4v) is 2.33. The molecule has 2 N–H and O–H groups in total. The Morgan fingerprint density at radius 1 is 1.44 bits per heavy atom. The summed E-state index contributed by atoms with van der Waals surface area (Å²) in [4.78, 5) is 22.5. The van der Waals surface area contributed by atoms with Crippen molar-refractivity contribution >= 4 is 17.6 Å². The number of carbonyl (C=O) groups excluding carboxylic acids is 1. The molecule has 18 heavy (non-hydrogen) atoms. The molecule has 1 aliphatic rings. The average molecular weight is 247 g/mol. The van der Waals surface area contributed by atoms with E-state index in [0.717, 1.165) is 22.4 Å². The molecule has 0 fully saturated rings. The number of fused-ring (bicyclic) bond motifs is 1. The highest BCUT2D eigenvalue weighted by Crippen LogP contribution is 2.31. The first kappa shape index (κ1) is 12.6. The van der Waals surface area contributed by atoms with Crippen molar-refractivity contribution in [3.63, 3.8) is 0 Å². The average Bonchev–Trinajstić information content (AvgIpc) is 2.32. The van der Waals surface area contributed by atoms with Crippen LogP contribution in [0.15, 0.2) is 12.1 Å². The molecular weight excluding hydrogens is 230 g/mol. The summed E-state index contributed by atoms with van der Waals surface area (Å²) in [7, 11) is 0. The summed E-state index contributed by atoms with van der Waals surface area (Å²) in [5.74, 6) is -1.14. The van der Waals surface area contributed by atoms with Crippen molar-refractivity contribution < 1.29 is 14.7 Å². The molecule has 0 saturated carbocycles. The van der Waals surface area contributed by atoms with E-state index in [0.29, 0.717) is 12.8 Å². The largest absolute Gasteiger partial charge is 0.481 e. The number of carboxylic acid groups (broad SMARTS) is 1. The molecule has 4 nitrogen and oxygen atoms in total. The van der Waals surface area contributed by atoms with Crippen LogP contribution in [-0.4, -0.2) is 17.0 Å². The summed E-state index contributed by atoms with van der Waals surface area (Å²) >= 11 is 0. The lowest BCUT2D eigenvalue weighted by Crippen LogP contribution is -2.31. The van der Waals surface area contributed by atoms with Gasteiger partial charge in [-0.2, -0.15) is 0 Å². The topological polar surface area (TPSA) is 66.4 Å². The van der Waals surface area contributed by atoms with Crippen LogP contribution in [0.3, 0.4) is 0 Å². The number of aliphatic carboxylic acids is 1. The molecule has 1 unspecified atom stereocenters. The molecule has 0 saturated heterocycles. The molecule has 0 aliphatic carbocycles. The van der Waals surface area contributed by atoms with E-state index in [4.69, 9.17) is 5.11 Å². The van der Waals surface area contributed by atoms with Gasteiger partial charge in [-0.3, -0.25) is 9.59 Å². The Morgan fingerprint density at radius 2 is 2.17 bits per heavy atom. The zero-order chi connectivity index (χ0) is 13.3. The van der Waals surface area contributed by atoms with E-state index < -0.39 is 5.97 Å². The minimum absolute atomic E-state index is 0.0399. The Balaban J connectivity index is 2.21. The second-order valence-electron chi connectivity index (χ2n) is 4.86. The van der Waals surface area contributed by atoms with E-state index in [2.05, 4.69) is 5.32 Å². The lowest BCUT2D eigenvalue weighted by molar-refractivity contribution is -0.137. The van der Waals surface area contributed by atoms with Gasteiger partial charge in [-0.15, -0.1) is 0 Å². The molecule has 1 aromatic rings. The first-order valence-corrected chi connectivity index (χ1v) is 6.10. The van der Waals surface area contributed by atoms with Crippen molar-refractivity contribution in [3.8, 4) is 0 Å². The maximum Gasteiger partial charge on any atom is 0.303 e. The predicted molar refractivity (Wildman–Crippen MR) is 68.6 cm³/mol. The van der Waals surface area contributed by atoms with E-state index in [9.17, 15) is 9.59 Å². The first-order chi connectivity index (χ1) is 8.49. The quantitative estimate of drug-likeness (QED) is 0.861. The lowest BCUT2D eigenvalue weighted by atomic mass is 9.87. The van der Waals surface area contributed by atoms with E-state index in [-0.39, 0.29) is 18.2 Å². The first-order valence-electron chi connectivity index (χ1n) is 6.10. The third-order valence-corrected chi connectivity index (χ3v) is 3.61. The molecule has 0 spiro atoms. The maximum absolute atomic E-state index is 11.9. The minimum atomic E-state index is -0.853. The van der Waals surface area contributed by atoms with Gasteiger partial charge < -0.3 is 10.4 Å². The molecule has 0 bridgehead atoms. The van der Waals surface area contributed by atoms with E-state index in [1.54, 1.807) is 0 Å². The van der Waals surface area contributed by atoms with Crippen LogP contribution in [0, 0.1) is 19.8 Å². The molecule has 1 atom stereocenters. The maximum atomic E-state index is 11.9. The van der Waals surface area contributed by atoms with Gasteiger partial charge in [-0.05, 0) is 43.4 Å². The highest BCUT2D eigenvalue weighted by Gasteiger charge is 2.27. The number of hydrogen-bond donors (Lipinski definition) is 2. The number of benzene rings is 1. The van der Waals surface area contributed by atoms with Gasteiger partial charge in [-0.1, -0.05) is 12.1 Å². The summed E-state index contributed by atoms with van der Waals surface area (Å²) in [6.07, 6.45) is 1.07. The summed E-state index contributed by atoms with van der Waals surface area (Å²) in [5, 5.41) is 11.6. The zero-order valence-electron chi connectivity index (χ0n) is 10.6. The standard InChI is InChI=1S/C14H17NO3/c1-8-3-4-10-7-11(5-6-12(16)17)14(18)15-13(10)9(8)2/h3-4,11H,5-7H2,1-2H3,(H,15,18)(H,16,17). The summed E-state index contributed by atoms with van der Waals surface area (Å²) in [6, 6.07) is 4.06. The van der Waals surface area contributed by atoms with Crippen LogP contribution < -0.4 is 5.32 Å². The van der Waals surface area contributed by atoms with Gasteiger partial charge in [0.05, 0.1) is 0 Å². The third kappa shape index (κ3) is 2.37. The predicted octanol–water partition coefficient (Wildman–Crippen LogP) is 2.28. The van der Waals surface area contributed by atoms with Crippen LogP contribution in [-0.2, 0) is 16.0 Å². The molecule has 0 radical (unpaired) electrons. The normalized spacial score (nSPS) is 18.1. The van der Waals surface area contributed by atoms with Gasteiger partial charge >= 0.3 is 5.97 Å². The number of nitrogens with one attached hydrogen (secondary N) is 1. The third-order valence-electron chi connectivity index (χ3n) is 3.61. The fraction of sp³-hybridized carbons (Fsp3) is 0.429. The smallest absolute Gasteiger partial charge is 0.303 e. The van der Waals surface area contributed by atoms with Gasteiger partial charge in [0.1, 0.15) is 0 Å². The van der Waals surface area contributed by atoms with Gasteiger partial charge in [0.15, 0.2) is 0 Å². The van der Waals surface area contributed by atoms with Gasteiger partial charge in [-0.25, -0.2) is 0 Å². The number of rotatable bonds is 3. The van der Waals surface area contributed by atoms with Gasteiger partial charge in [0.2, 0.25) is 5.91 Å². The molecular formula is C14H17NO3. The van der Waals surface area contributed by atoms with E-state index >= 15 is 0 Å². The molecule has 4 heteroatoms.